The van der Waals surface area contributed by atoms with E-state index in [1.807, 2.05) is 0 Å². The second kappa shape index (κ2) is 14.9. The van der Waals surface area contributed by atoms with E-state index in [1.165, 1.54) is 0 Å². The topological polar surface area (TPSA) is 181 Å². The van der Waals surface area contributed by atoms with Gasteiger partial charge in [-0.25, -0.2) is 0 Å². The Balaban J connectivity index is -0.000000213. The molecule has 0 aromatic carbocycles. The fourth-order valence-electron chi connectivity index (χ4n) is 1.17. The van der Waals surface area contributed by atoms with Crippen LogP contribution in [0.1, 0.15) is 19.3 Å². The van der Waals surface area contributed by atoms with Crippen molar-refractivity contribution in [3.05, 3.63) is 0 Å². The maximum absolute atomic E-state index is 10.9. The van der Waals surface area contributed by atoms with Gasteiger partial charge in [-0.3, -0.25) is 0 Å². The van der Waals surface area contributed by atoms with E-state index in [0.29, 0.717) is 0 Å². The van der Waals surface area contributed by atoms with Crippen LogP contribution in [-0.2, 0) is 18.9 Å². The van der Waals surface area contributed by atoms with Crippen molar-refractivity contribution < 1.29 is 162 Å². The summed E-state index contributed by atoms with van der Waals surface area (Å²) < 4.78 is 10.9. The first-order valence-electron chi connectivity index (χ1n) is 4.18. The number of rotatable bonds is 7. The van der Waals surface area contributed by atoms with Gasteiger partial charge in [-0.15, -0.1) is 0 Å². The molecule has 0 saturated heterocycles. The van der Waals surface area contributed by atoms with Crippen molar-refractivity contribution in [1.29, 1.82) is 0 Å². The fourth-order valence-corrected chi connectivity index (χ4v) is 2.12. The van der Waals surface area contributed by atoms with Crippen LogP contribution in [0.15, 0.2) is 0 Å². The molecule has 0 aromatic heterocycles. The Kier molecular flexibility index (Phi) is 24.6. The summed E-state index contributed by atoms with van der Waals surface area (Å²) in [6.07, 6.45) is -3.88. The summed E-state index contributed by atoms with van der Waals surface area (Å²) in [4.78, 5) is 50.7. The second-order valence-electron chi connectivity index (χ2n) is 3.26. The van der Waals surface area contributed by atoms with Gasteiger partial charge < -0.3 is 44.1 Å². The summed E-state index contributed by atoms with van der Waals surface area (Å²) in [5, 5.41) is 27.8. The molecule has 0 aliphatic carbocycles. The molecule has 0 spiro atoms. The van der Waals surface area contributed by atoms with E-state index in [9.17, 15) is 39.2 Å². The molecule has 9 nitrogen and oxygen atoms in total. The van der Waals surface area contributed by atoms with E-state index in [0.717, 1.165) is 0 Å². The minimum absolute atomic E-state index is 0. The van der Waals surface area contributed by atoms with Crippen LogP contribution in [0.25, 0.3) is 0 Å². The first-order chi connectivity index (χ1) is 7.53. The molecule has 1 N–H and O–H groups in total. The van der Waals surface area contributed by atoms with E-state index in [2.05, 4.69) is 0 Å². The quantitative estimate of drug-likeness (QED) is 0.341. The zero-order valence-corrected chi connectivity index (χ0v) is 21.2. The summed E-state index contributed by atoms with van der Waals surface area (Å²) in [6, 6.07) is 0. The molecule has 0 aliphatic heterocycles. The number of carbonyl (C=O) groups is 3. The first kappa shape index (κ1) is 34.8. The van der Waals surface area contributed by atoms with Crippen molar-refractivity contribution in [2.24, 2.45) is 0 Å². The smallest absolute Gasteiger partial charge is 0.778 e. The van der Waals surface area contributed by atoms with Crippen molar-refractivity contribution in [1.82, 2.24) is 0 Å². The normalized spacial score (nSPS) is 14.4. The molecule has 98 valence electrons. The Bertz CT molecular complexity index is 398. The van der Waals surface area contributed by atoms with Crippen LogP contribution in [-0.4, -0.2) is 28.0 Å². The molecule has 0 rings (SSSR count). The van der Waals surface area contributed by atoms with Crippen LogP contribution in [0.3, 0.4) is 0 Å². The van der Waals surface area contributed by atoms with Gasteiger partial charge in [0.15, 0.2) is 0 Å². The molecular formula is C7H7Na4O9P. The average molecular weight is 358 g/mol. The third-order valence-corrected chi connectivity index (χ3v) is 3.75. The van der Waals surface area contributed by atoms with E-state index in [4.69, 9.17) is 4.89 Å². The molecule has 0 bridgehead atoms. The van der Waals surface area contributed by atoms with Crippen molar-refractivity contribution >= 4 is 25.5 Å². The van der Waals surface area contributed by atoms with Crippen molar-refractivity contribution in [3.63, 3.8) is 0 Å². The van der Waals surface area contributed by atoms with Crippen molar-refractivity contribution in [2.45, 2.75) is 24.4 Å². The van der Waals surface area contributed by atoms with Crippen LogP contribution >= 0.6 is 7.60 Å². The first-order valence-corrected chi connectivity index (χ1v) is 5.76. The number of aliphatic carboxylic acids is 3. The van der Waals surface area contributed by atoms with Gasteiger partial charge in [0.2, 0.25) is 0 Å². The molecule has 2 unspecified atom stereocenters. The van der Waals surface area contributed by atoms with Gasteiger partial charge in [0.25, 0.3) is 0 Å². The maximum atomic E-state index is 10.9. The number of hydrogen-bond donors (Lipinski definition) is 1. The summed E-state index contributed by atoms with van der Waals surface area (Å²) >= 11 is 0. The summed E-state index contributed by atoms with van der Waals surface area (Å²) in [6.45, 7) is 0. The molecular weight excluding hydrogens is 351 g/mol. The predicted octanol–water partition coefficient (Wildman–Crippen LogP) is -17.3. The van der Waals surface area contributed by atoms with Gasteiger partial charge >= 0.3 is 118 Å². The molecule has 0 amide bonds. The van der Waals surface area contributed by atoms with Crippen molar-refractivity contribution in [3.8, 4) is 0 Å². The molecule has 21 heavy (non-hydrogen) atoms. The molecule has 0 aromatic rings. The van der Waals surface area contributed by atoms with Crippen LogP contribution < -0.4 is 138 Å². The summed E-state index contributed by atoms with van der Waals surface area (Å²) in [7, 11) is -5.70. The molecule has 2 atom stereocenters. The average Bonchev–Trinajstić information content (AvgIpc) is 2.08. The molecule has 0 fully saturated rings. The Labute approximate surface area is 209 Å². The Morgan fingerprint density at radius 1 is 0.952 bits per heavy atom. The molecule has 0 aliphatic rings. The van der Waals surface area contributed by atoms with E-state index in [-0.39, 0.29) is 118 Å². The minimum atomic E-state index is -5.70. The fraction of sp³-hybridized carbons (Fsp3) is 0.571. The molecule has 0 saturated carbocycles. The van der Waals surface area contributed by atoms with Crippen LogP contribution in [0, 0.1) is 0 Å². The van der Waals surface area contributed by atoms with Gasteiger partial charge in [0.1, 0.15) is 7.60 Å². The van der Waals surface area contributed by atoms with Gasteiger partial charge in [0.05, 0.1) is 11.1 Å². The van der Waals surface area contributed by atoms with Gasteiger partial charge in [-0.05, 0) is 12.8 Å². The standard InChI is InChI=1S/C7H11O9P.4Na/c8-4(9)1-2-7(6(12)13,3-5(10)11)17(14,15)16;;;;/h1-3H2,(H,8,9)(H,10,11)(H,12,13)(H2,14,15,16);;;;/q;4*+1/p-4. The van der Waals surface area contributed by atoms with Gasteiger partial charge in [0, 0.05) is 18.4 Å². The third kappa shape index (κ3) is 11.7. The van der Waals surface area contributed by atoms with Crippen LogP contribution in [0.5, 0.6) is 0 Å². The van der Waals surface area contributed by atoms with Crippen LogP contribution in [0.2, 0.25) is 0 Å². The number of carbonyl (C=O) groups excluding carboxylic acids is 3. The number of carboxylic acids is 3. The minimum Gasteiger partial charge on any atom is -0.778 e. The SMILES string of the molecule is O=C([O-])CCC(CC(=O)[O-])(C(=O)[O-])P(=O)([O-])O.[Na+].[Na+].[Na+].[Na+]. The third-order valence-electron chi connectivity index (χ3n) is 2.10. The monoisotopic (exact) mass is 358 g/mol. The largest absolute Gasteiger partial charge is 1.00 e. The zero-order chi connectivity index (χ0) is 13.9. The predicted molar refractivity (Wildman–Crippen MR) is 41.4 cm³/mol. The van der Waals surface area contributed by atoms with E-state index < -0.39 is 49.9 Å². The van der Waals surface area contributed by atoms with E-state index >= 15 is 0 Å². The van der Waals surface area contributed by atoms with Gasteiger partial charge in [-0.2, -0.15) is 0 Å². The van der Waals surface area contributed by atoms with Crippen molar-refractivity contribution in [2.75, 3.05) is 0 Å². The van der Waals surface area contributed by atoms with E-state index in [1.54, 1.807) is 0 Å². The zero-order valence-electron chi connectivity index (χ0n) is 12.3. The Hall–Kier alpha value is 2.56. The number of carboxylic acid groups (broad SMARTS) is 3. The Morgan fingerprint density at radius 2 is 1.33 bits per heavy atom. The second-order valence-corrected chi connectivity index (χ2v) is 5.16. The number of hydrogen-bond acceptors (Lipinski definition) is 8. The summed E-state index contributed by atoms with van der Waals surface area (Å²) in [5.74, 6) is -6.30. The molecule has 0 heterocycles. The molecule has 14 heteroatoms. The van der Waals surface area contributed by atoms with Crippen LogP contribution in [0.4, 0.5) is 0 Å². The molecule has 0 radical (unpaired) electrons. The summed E-state index contributed by atoms with van der Waals surface area (Å²) in [5.41, 5.74) is 0. The van der Waals surface area contributed by atoms with Gasteiger partial charge in [-0.1, -0.05) is 0 Å². The maximum Gasteiger partial charge on any atom is 1.00 e. The Morgan fingerprint density at radius 3 is 1.52 bits per heavy atom.